The highest BCUT2D eigenvalue weighted by molar-refractivity contribution is 9.10. The van der Waals surface area contributed by atoms with Gasteiger partial charge >= 0.3 is 0 Å². The van der Waals surface area contributed by atoms with Gasteiger partial charge in [0.2, 0.25) is 0 Å². The van der Waals surface area contributed by atoms with Crippen molar-refractivity contribution in [1.29, 1.82) is 0 Å². The van der Waals surface area contributed by atoms with E-state index < -0.39 is 0 Å². The molecule has 0 spiro atoms. The third-order valence-electron chi connectivity index (χ3n) is 2.75. The largest absolute Gasteiger partial charge is 0.464 e. The van der Waals surface area contributed by atoms with Crippen molar-refractivity contribution in [2.24, 2.45) is 0 Å². The Balaban J connectivity index is 2.44. The minimum atomic E-state index is -0.265. The van der Waals surface area contributed by atoms with Crippen LogP contribution < -0.4 is 5.32 Å². The summed E-state index contributed by atoms with van der Waals surface area (Å²) >= 11 is 3.30. The Morgan fingerprint density at radius 2 is 2.11 bits per heavy atom. The van der Waals surface area contributed by atoms with Crippen molar-refractivity contribution >= 4 is 15.9 Å². The molecule has 0 radical (unpaired) electrons. The normalized spacial score (nSPS) is 12.7. The van der Waals surface area contributed by atoms with Crippen LogP contribution in [0.5, 0.6) is 0 Å². The fourth-order valence-corrected chi connectivity index (χ4v) is 2.41. The van der Waals surface area contributed by atoms with Gasteiger partial charge in [0.05, 0.1) is 10.5 Å². The SMILES string of the molecule is CCNC(c1ccc(C)o1)c1cccc(F)c1Br. The molecule has 0 aliphatic heterocycles. The van der Waals surface area contributed by atoms with Gasteiger partial charge in [-0.25, -0.2) is 4.39 Å². The number of hydrogen-bond acceptors (Lipinski definition) is 2. The standard InChI is InChI=1S/C14H15BrFNO/c1-3-17-14(12-8-7-9(2)18-12)10-5-4-6-11(16)13(10)15/h4-8,14,17H,3H2,1-2H3. The molecule has 18 heavy (non-hydrogen) atoms. The predicted molar refractivity (Wildman–Crippen MR) is 73.1 cm³/mol. The summed E-state index contributed by atoms with van der Waals surface area (Å²) in [5, 5.41) is 3.31. The van der Waals surface area contributed by atoms with Crippen LogP contribution in [0.4, 0.5) is 4.39 Å². The molecular weight excluding hydrogens is 297 g/mol. The van der Waals surface area contributed by atoms with E-state index in [9.17, 15) is 4.39 Å². The van der Waals surface area contributed by atoms with E-state index in [1.54, 1.807) is 6.07 Å². The number of hydrogen-bond donors (Lipinski definition) is 1. The van der Waals surface area contributed by atoms with Gasteiger partial charge in [-0.2, -0.15) is 0 Å². The lowest BCUT2D eigenvalue weighted by Gasteiger charge is -2.17. The zero-order valence-corrected chi connectivity index (χ0v) is 11.9. The molecule has 4 heteroatoms. The van der Waals surface area contributed by atoms with Gasteiger partial charge in [0, 0.05) is 0 Å². The van der Waals surface area contributed by atoms with Crippen molar-refractivity contribution in [2.45, 2.75) is 19.9 Å². The van der Waals surface area contributed by atoms with Crippen molar-refractivity contribution in [1.82, 2.24) is 5.32 Å². The molecule has 1 aromatic carbocycles. The van der Waals surface area contributed by atoms with Gasteiger partial charge < -0.3 is 9.73 Å². The lowest BCUT2D eigenvalue weighted by Crippen LogP contribution is -2.22. The first-order chi connectivity index (χ1) is 8.63. The van der Waals surface area contributed by atoms with E-state index in [1.165, 1.54) is 6.07 Å². The molecule has 2 aromatic rings. The van der Waals surface area contributed by atoms with Gasteiger partial charge in [-0.15, -0.1) is 0 Å². The highest BCUT2D eigenvalue weighted by atomic mass is 79.9. The first-order valence-corrected chi connectivity index (χ1v) is 6.66. The van der Waals surface area contributed by atoms with Crippen LogP contribution in [-0.4, -0.2) is 6.54 Å². The number of benzene rings is 1. The summed E-state index contributed by atoms with van der Waals surface area (Å²) in [6, 6.07) is 8.71. The monoisotopic (exact) mass is 311 g/mol. The Bertz CT molecular complexity index is 538. The van der Waals surface area contributed by atoms with Crippen molar-refractivity contribution in [2.75, 3.05) is 6.54 Å². The number of nitrogens with one attached hydrogen (secondary N) is 1. The molecule has 2 nitrogen and oxygen atoms in total. The second-order valence-corrected chi connectivity index (χ2v) is 4.88. The van der Waals surface area contributed by atoms with Crippen molar-refractivity contribution < 1.29 is 8.81 Å². The molecule has 1 heterocycles. The first-order valence-electron chi connectivity index (χ1n) is 5.87. The van der Waals surface area contributed by atoms with Gasteiger partial charge in [0.1, 0.15) is 17.3 Å². The maximum atomic E-state index is 13.6. The Kier molecular flexibility index (Phi) is 4.19. The van der Waals surface area contributed by atoms with Crippen molar-refractivity contribution in [3.05, 3.63) is 57.7 Å². The zero-order chi connectivity index (χ0) is 13.1. The van der Waals surface area contributed by atoms with Crippen LogP contribution in [0.3, 0.4) is 0 Å². The van der Waals surface area contributed by atoms with Gasteiger partial charge in [0.25, 0.3) is 0 Å². The van der Waals surface area contributed by atoms with E-state index in [-0.39, 0.29) is 11.9 Å². The van der Waals surface area contributed by atoms with Crippen LogP contribution in [0, 0.1) is 12.7 Å². The Hall–Kier alpha value is -1.13. The molecule has 0 aliphatic carbocycles. The van der Waals surface area contributed by atoms with Gasteiger partial charge in [-0.3, -0.25) is 0 Å². The predicted octanol–water partition coefficient (Wildman–Crippen LogP) is 4.19. The topological polar surface area (TPSA) is 25.2 Å². The first kappa shape index (κ1) is 13.3. The summed E-state index contributed by atoms with van der Waals surface area (Å²) in [5.41, 5.74) is 0.839. The summed E-state index contributed by atoms with van der Waals surface area (Å²) in [4.78, 5) is 0. The lowest BCUT2D eigenvalue weighted by atomic mass is 10.0. The van der Waals surface area contributed by atoms with E-state index in [4.69, 9.17) is 4.42 Å². The summed E-state index contributed by atoms with van der Waals surface area (Å²) in [6.45, 7) is 4.68. The van der Waals surface area contributed by atoms with Crippen molar-refractivity contribution in [3.8, 4) is 0 Å². The highest BCUT2D eigenvalue weighted by Crippen LogP contribution is 2.31. The van der Waals surface area contributed by atoms with Gasteiger partial charge in [0.15, 0.2) is 0 Å². The number of furan rings is 1. The van der Waals surface area contributed by atoms with Crippen LogP contribution in [0.25, 0.3) is 0 Å². The fourth-order valence-electron chi connectivity index (χ4n) is 1.92. The highest BCUT2D eigenvalue weighted by Gasteiger charge is 2.20. The average Bonchev–Trinajstić information content (AvgIpc) is 2.77. The summed E-state index contributed by atoms with van der Waals surface area (Å²) < 4.78 is 19.7. The van der Waals surface area contributed by atoms with Crippen LogP contribution in [0.2, 0.25) is 0 Å². The molecule has 1 aromatic heterocycles. The van der Waals surface area contributed by atoms with Crippen LogP contribution >= 0.6 is 15.9 Å². The molecule has 0 saturated heterocycles. The van der Waals surface area contributed by atoms with E-state index in [1.807, 2.05) is 32.0 Å². The third kappa shape index (κ3) is 2.65. The van der Waals surface area contributed by atoms with E-state index in [2.05, 4.69) is 21.2 Å². The second kappa shape index (κ2) is 5.67. The van der Waals surface area contributed by atoms with E-state index in [0.29, 0.717) is 4.47 Å². The Morgan fingerprint density at radius 3 is 2.72 bits per heavy atom. The smallest absolute Gasteiger partial charge is 0.137 e. The van der Waals surface area contributed by atoms with Crippen LogP contribution in [-0.2, 0) is 0 Å². The molecule has 0 bridgehead atoms. The summed E-state index contributed by atoms with van der Waals surface area (Å²) in [6.07, 6.45) is 0. The molecule has 1 unspecified atom stereocenters. The van der Waals surface area contributed by atoms with Crippen LogP contribution in [0.15, 0.2) is 39.2 Å². The minimum Gasteiger partial charge on any atom is -0.464 e. The minimum absolute atomic E-state index is 0.145. The van der Waals surface area contributed by atoms with E-state index in [0.717, 1.165) is 23.6 Å². The number of aryl methyl sites for hydroxylation is 1. The molecule has 96 valence electrons. The molecule has 0 fully saturated rings. The molecular formula is C14H15BrFNO. The maximum Gasteiger partial charge on any atom is 0.137 e. The van der Waals surface area contributed by atoms with Gasteiger partial charge in [-0.05, 0) is 53.2 Å². The molecule has 1 atom stereocenters. The zero-order valence-electron chi connectivity index (χ0n) is 10.3. The molecule has 2 rings (SSSR count). The van der Waals surface area contributed by atoms with Crippen LogP contribution in [0.1, 0.15) is 30.0 Å². The fraction of sp³-hybridized carbons (Fsp3) is 0.286. The van der Waals surface area contributed by atoms with Crippen molar-refractivity contribution in [3.63, 3.8) is 0 Å². The number of rotatable bonds is 4. The average molecular weight is 312 g/mol. The Labute approximate surface area is 114 Å². The third-order valence-corrected chi connectivity index (χ3v) is 3.58. The molecule has 0 amide bonds. The molecule has 0 aliphatic rings. The summed E-state index contributed by atoms with van der Waals surface area (Å²) in [7, 11) is 0. The molecule has 0 saturated carbocycles. The van der Waals surface area contributed by atoms with E-state index >= 15 is 0 Å². The number of halogens is 2. The Morgan fingerprint density at radius 1 is 1.33 bits per heavy atom. The quantitative estimate of drug-likeness (QED) is 0.916. The van der Waals surface area contributed by atoms with Gasteiger partial charge in [-0.1, -0.05) is 19.1 Å². The lowest BCUT2D eigenvalue weighted by molar-refractivity contribution is 0.433. The maximum absolute atomic E-state index is 13.6. The second-order valence-electron chi connectivity index (χ2n) is 4.08. The molecule has 1 N–H and O–H groups in total. The summed E-state index contributed by atoms with van der Waals surface area (Å²) in [5.74, 6) is 1.37.